The minimum absolute atomic E-state index is 0.0459. The van der Waals surface area contributed by atoms with E-state index in [0.717, 1.165) is 0 Å². The van der Waals surface area contributed by atoms with Crippen molar-refractivity contribution in [2.24, 2.45) is 0 Å². The third kappa shape index (κ3) is 2.74. The summed E-state index contributed by atoms with van der Waals surface area (Å²) < 4.78 is 0. The Kier molecular flexibility index (Phi) is 3.74. The number of nitrogens with zero attached hydrogens (tertiary/aromatic N) is 1. The van der Waals surface area contributed by atoms with Crippen LogP contribution in [0.1, 0.15) is 22.3 Å². The molecule has 0 amide bonds. The number of carbonyl (C=O) groups is 1. The highest BCUT2D eigenvalue weighted by molar-refractivity contribution is 6.32. The molecule has 15 heavy (non-hydrogen) atoms. The first kappa shape index (κ1) is 11.1. The number of hydrogen-bond donors (Lipinski definition) is 1. The lowest BCUT2D eigenvalue weighted by atomic mass is 10.1. The predicted molar refractivity (Wildman–Crippen MR) is 55.5 cm³/mol. The molecule has 74 valence electrons. The zero-order valence-electron chi connectivity index (χ0n) is 7.62. The number of halogens is 1. The first-order valence-electron chi connectivity index (χ1n) is 4.04. The van der Waals surface area contributed by atoms with Gasteiger partial charge in [-0.2, -0.15) is 5.26 Å². The van der Waals surface area contributed by atoms with Gasteiger partial charge in [0.05, 0.1) is 28.6 Å². The molecule has 0 heterocycles. The third-order valence-corrected chi connectivity index (χ3v) is 1.94. The molecular weight excluding hydrogens is 214 g/mol. The third-order valence-electron chi connectivity index (χ3n) is 1.62. The van der Waals surface area contributed by atoms with Crippen molar-refractivity contribution >= 4 is 17.6 Å². The number of carboxylic acid groups (broad SMARTS) is 1. The predicted octanol–water partition coefficient (Wildman–Crippen LogP) is 2.30. The molecule has 4 heteroatoms. The van der Waals surface area contributed by atoms with Crippen LogP contribution < -0.4 is 0 Å². The van der Waals surface area contributed by atoms with Gasteiger partial charge >= 0.3 is 5.97 Å². The number of hydrogen-bond acceptors (Lipinski definition) is 2. The highest BCUT2D eigenvalue weighted by atomic mass is 35.5. The second-order valence-electron chi connectivity index (χ2n) is 2.60. The van der Waals surface area contributed by atoms with E-state index in [0.29, 0.717) is 0 Å². The molecule has 0 atom stereocenters. The Hall–Kier alpha value is -1.97. The Morgan fingerprint density at radius 3 is 2.87 bits per heavy atom. The second-order valence-corrected chi connectivity index (χ2v) is 3.01. The monoisotopic (exact) mass is 219 g/mol. The zero-order chi connectivity index (χ0) is 11.3. The Balaban J connectivity index is 3.22. The molecule has 0 fully saturated rings. The van der Waals surface area contributed by atoms with E-state index in [9.17, 15) is 4.79 Å². The topological polar surface area (TPSA) is 61.1 Å². The van der Waals surface area contributed by atoms with Crippen molar-refractivity contribution in [2.45, 2.75) is 6.42 Å². The summed E-state index contributed by atoms with van der Waals surface area (Å²) >= 11 is 5.80. The van der Waals surface area contributed by atoms with E-state index in [1.165, 1.54) is 6.07 Å². The first-order valence-corrected chi connectivity index (χ1v) is 4.42. The normalized spacial score (nSPS) is 8.53. The lowest BCUT2D eigenvalue weighted by molar-refractivity contribution is 0.0696. The van der Waals surface area contributed by atoms with E-state index in [2.05, 4.69) is 11.8 Å². The minimum Gasteiger partial charge on any atom is -0.478 e. The van der Waals surface area contributed by atoms with Gasteiger partial charge in [0.15, 0.2) is 0 Å². The molecule has 1 aromatic carbocycles. The molecule has 0 saturated carbocycles. The molecule has 0 unspecified atom stereocenters. The number of aromatic carboxylic acids is 1. The molecule has 0 saturated heterocycles. The van der Waals surface area contributed by atoms with E-state index < -0.39 is 5.97 Å². The number of benzene rings is 1. The Bertz CT molecular complexity index is 492. The molecule has 0 radical (unpaired) electrons. The molecule has 0 aliphatic heterocycles. The maximum Gasteiger partial charge on any atom is 0.337 e. The Morgan fingerprint density at radius 2 is 2.27 bits per heavy atom. The smallest absolute Gasteiger partial charge is 0.337 e. The fraction of sp³-hybridized carbons (Fsp3) is 0.0909. The van der Waals surface area contributed by atoms with Gasteiger partial charge in [0, 0.05) is 0 Å². The van der Waals surface area contributed by atoms with Crippen molar-refractivity contribution in [2.75, 3.05) is 0 Å². The molecule has 0 aliphatic rings. The van der Waals surface area contributed by atoms with Crippen molar-refractivity contribution in [3.63, 3.8) is 0 Å². The van der Waals surface area contributed by atoms with Crippen LogP contribution in [0.2, 0.25) is 5.02 Å². The van der Waals surface area contributed by atoms with E-state index >= 15 is 0 Å². The van der Waals surface area contributed by atoms with Crippen LogP contribution in [0.25, 0.3) is 0 Å². The van der Waals surface area contributed by atoms with Crippen molar-refractivity contribution in [3.8, 4) is 17.9 Å². The molecule has 1 aromatic rings. The zero-order valence-corrected chi connectivity index (χ0v) is 8.38. The van der Waals surface area contributed by atoms with Crippen LogP contribution in [0.5, 0.6) is 0 Å². The summed E-state index contributed by atoms with van der Waals surface area (Å²) in [5.41, 5.74) is 0.301. The molecule has 1 rings (SSSR count). The summed E-state index contributed by atoms with van der Waals surface area (Å²) in [4.78, 5) is 10.8. The van der Waals surface area contributed by atoms with Crippen molar-refractivity contribution in [1.82, 2.24) is 0 Å². The van der Waals surface area contributed by atoms with Gasteiger partial charge in [0.1, 0.15) is 0 Å². The SMILES string of the molecule is N#CCC#Cc1c(Cl)cccc1C(=O)O. The Labute approximate surface area is 91.9 Å². The van der Waals surface area contributed by atoms with Gasteiger partial charge < -0.3 is 5.11 Å². The van der Waals surface area contributed by atoms with Crippen LogP contribution in [0.15, 0.2) is 18.2 Å². The molecule has 1 N–H and O–H groups in total. The average molecular weight is 220 g/mol. The summed E-state index contributed by atoms with van der Waals surface area (Å²) in [7, 11) is 0. The summed E-state index contributed by atoms with van der Waals surface area (Å²) in [5.74, 6) is 4.02. The fourth-order valence-corrected chi connectivity index (χ4v) is 1.22. The Morgan fingerprint density at radius 1 is 1.53 bits per heavy atom. The standard InChI is InChI=1S/C11H6ClNO2/c12-10-6-3-5-9(11(14)15)8(10)4-1-2-7-13/h3,5-6H,2H2,(H,14,15). The largest absolute Gasteiger partial charge is 0.478 e. The molecule has 0 bridgehead atoms. The number of nitriles is 1. The van der Waals surface area contributed by atoms with Gasteiger partial charge in [-0.05, 0) is 12.1 Å². The minimum atomic E-state index is -1.08. The molecule has 0 spiro atoms. The quantitative estimate of drug-likeness (QED) is 0.738. The number of carboxylic acids is 1. The second kappa shape index (κ2) is 5.05. The van der Waals surface area contributed by atoms with E-state index in [4.69, 9.17) is 22.0 Å². The van der Waals surface area contributed by atoms with E-state index in [1.807, 2.05) is 6.07 Å². The van der Waals surface area contributed by atoms with Crippen molar-refractivity contribution in [1.29, 1.82) is 5.26 Å². The number of rotatable bonds is 1. The first-order chi connectivity index (χ1) is 7.16. The van der Waals surface area contributed by atoms with Crippen LogP contribution in [-0.4, -0.2) is 11.1 Å². The van der Waals surface area contributed by atoms with Gasteiger partial charge in [-0.15, -0.1) is 0 Å². The molecule has 3 nitrogen and oxygen atoms in total. The van der Waals surface area contributed by atoms with Gasteiger partial charge in [-0.1, -0.05) is 29.5 Å². The lowest BCUT2D eigenvalue weighted by Crippen LogP contribution is -2.00. The highest BCUT2D eigenvalue weighted by Crippen LogP contribution is 2.18. The maximum absolute atomic E-state index is 10.8. The highest BCUT2D eigenvalue weighted by Gasteiger charge is 2.10. The van der Waals surface area contributed by atoms with E-state index in [1.54, 1.807) is 12.1 Å². The summed E-state index contributed by atoms with van der Waals surface area (Å²) in [6.45, 7) is 0. The van der Waals surface area contributed by atoms with Crippen molar-refractivity contribution < 1.29 is 9.90 Å². The summed E-state index contributed by atoms with van der Waals surface area (Å²) in [5, 5.41) is 17.4. The molecule has 0 aromatic heterocycles. The van der Waals surface area contributed by atoms with Crippen LogP contribution in [0.3, 0.4) is 0 Å². The van der Waals surface area contributed by atoms with Gasteiger partial charge in [-0.3, -0.25) is 0 Å². The van der Waals surface area contributed by atoms with Gasteiger partial charge in [-0.25, -0.2) is 4.79 Å². The van der Waals surface area contributed by atoms with Gasteiger partial charge in [0.25, 0.3) is 0 Å². The molecule has 0 aliphatic carbocycles. The summed E-state index contributed by atoms with van der Waals surface area (Å²) in [6.07, 6.45) is 0.0459. The van der Waals surface area contributed by atoms with Crippen LogP contribution in [0, 0.1) is 23.2 Å². The summed E-state index contributed by atoms with van der Waals surface area (Å²) in [6, 6.07) is 6.37. The maximum atomic E-state index is 10.8. The van der Waals surface area contributed by atoms with Crippen molar-refractivity contribution in [3.05, 3.63) is 34.3 Å². The fourth-order valence-electron chi connectivity index (χ4n) is 1.00. The van der Waals surface area contributed by atoms with Gasteiger partial charge in [0.2, 0.25) is 0 Å². The van der Waals surface area contributed by atoms with E-state index in [-0.39, 0.29) is 22.6 Å². The van der Waals surface area contributed by atoms with Crippen LogP contribution in [0.4, 0.5) is 0 Å². The van der Waals surface area contributed by atoms with Crippen LogP contribution in [-0.2, 0) is 0 Å². The van der Waals surface area contributed by atoms with Crippen LogP contribution >= 0.6 is 11.6 Å². The lowest BCUT2D eigenvalue weighted by Gasteiger charge is -2.00. The average Bonchev–Trinajstić information content (AvgIpc) is 2.20. The molecular formula is C11H6ClNO2.